The van der Waals surface area contributed by atoms with E-state index in [1.54, 1.807) is 0 Å². The number of anilines is 2. The highest BCUT2D eigenvalue weighted by atomic mass is 16.5. The molecule has 6 nitrogen and oxygen atoms in total. The summed E-state index contributed by atoms with van der Waals surface area (Å²) in [4.78, 5) is 26.9. The van der Waals surface area contributed by atoms with Crippen LogP contribution < -0.4 is 15.4 Å². The van der Waals surface area contributed by atoms with E-state index >= 15 is 0 Å². The van der Waals surface area contributed by atoms with Gasteiger partial charge < -0.3 is 20.3 Å². The molecule has 0 unspecified atom stereocenters. The molecule has 0 radical (unpaired) electrons. The summed E-state index contributed by atoms with van der Waals surface area (Å²) in [6.07, 6.45) is 2.12. The monoisotopic (exact) mass is 457 g/mol. The highest BCUT2D eigenvalue weighted by Gasteiger charge is 2.21. The van der Waals surface area contributed by atoms with Crippen LogP contribution in [0.1, 0.15) is 35.7 Å². The van der Waals surface area contributed by atoms with Gasteiger partial charge in [0, 0.05) is 30.0 Å². The van der Waals surface area contributed by atoms with E-state index in [0.29, 0.717) is 23.8 Å². The third-order valence-corrected chi connectivity index (χ3v) is 6.04. The number of carbonyl (C=O) groups excluding carboxylic acids is 2. The second-order valence-electron chi connectivity index (χ2n) is 8.75. The molecular weight excluding hydrogens is 426 g/mol. The molecule has 1 aliphatic heterocycles. The second-order valence-corrected chi connectivity index (χ2v) is 8.75. The fraction of sp³-hybridized carbons (Fsp3) is 0.286. The van der Waals surface area contributed by atoms with E-state index in [4.69, 9.17) is 4.74 Å². The standard InChI is InChI=1S/C28H31N3O3/c1-21-15-17-31(18-16-21)28(33)23-7-9-24(10-8-23)29-19-27(32)30-25-11-13-26(14-12-25)34-20-22-5-3-2-4-6-22/h2-14,21,29H,15-20H2,1H3,(H,30,32). The first-order valence-corrected chi connectivity index (χ1v) is 11.8. The number of amides is 2. The van der Waals surface area contributed by atoms with Crippen LogP contribution in [0.3, 0.4) is 0 Å². The molecule has 0 saturated carbocycles. The van der Waals surface area contributed by atoms with Crippen molar-refractivity contribution in [3.8, 4) is 5.75 Å². The molecule has 3 aromatic rings. The van der Waals surface area contributed by atoms with E-state index in [0.717, 1.165) is 42.9 Å². The smallest absolute Gasteiger partial charge is 0.253 e. The van der Waals surface area contributed by atoms with E-state index in [2.05, 4.69) is 17.6 Å². The normalized spacial score (nSPS) is 13.9. The Morgan fingerprint density at radius 2 is 1.53 bits per heavy atom. The summed E-state index contributed by atoms with van der Waals surface area (Å²) in [5, 5.41) is 5.98. The van der Waals surface area contributed by atoms with E-state index in [9.17, 15) is 9.59 Å². The molecule has 0 spiro atoms. The third-order valence-electron chi connectivity index (χ3n) is 6.04. The van der Waals surface area contributed by atoms with Crippen molar-refractivity contribution in [1.82, 2.24) is 4.90 Å². The first-order chi connectivity index (χ1) is 16.6. The Kier molecular flexibility index (Phi) is 7.81. The van der Waals surface area contributed by atoms with Crippen LogP contribution in [-0.4, -0.2) is 36.3 Å². The number of carbonyl (C=O) groups is 2. The minimum absolute atomic E-state index is 0.0763. The summed E-state index contributed by atoms with van der Waals surface area (Å²) >= 11 is 0. The quantitative estimate of drug-likeness (QED) is 0.488. The van der Waals surface area contributed by atoms with Crippen molar-refractivity contribution in [3.63, 3.8) is 0 Å². The maximum Gasteiger partial charge on any atom is 0.253 e. The average molecular weight is 458 g/mol. The van der Waals surface area contributed by atoms with Crippen LogP contribution in [0.4, 0.5) is 11.4 Å². The molecule has 2 amide bonds. The highest BCUT2D eigenvalue weighted by molar-refractivity contribution is 5.95. The Bertz CT molecular complexity index is 1070. The van der Waals surface area contributed by atoms with E-state index < -0.39 is 0 Å². The number of rotatable bonds is 8. The topological polar surface area (TPSA) is 70.7 Å². The van der Waals surface area contributed by atoms with E-state index in [1.165, 1.54) is 0 Å². The van der Waals surface area contributed by atoms with Crippen molar-refractivity contribution < 1.29 is 14.3 Å². The zero-order valence-electron chi connectivity index (χ0n) is 19.5. The maximum absolute atomic E-state index is 12.7. The fourth-order valence-corrected chi connectivity index (χ4v) is 3.89. The highest BCUT2D eigenvalue weighted by Crippen LogP contribution is 2.20. The molecule has 176 valence electrons. The summed E-state index contributed by atoms with van der Waals surface area (Å²) in [5.41, 5.74) is 3.28. The number of ether oxygens (including phenoxy) is 1. The summed E-state index contributed by atoms with van der Waals surface area (Å²) in [6.45, 7) is 4.50. The molecule has 1 saturated heterocycles. The predicted octanol–water partition coefficient (Wildman–Crippen LogP) is 5.19. The van der Waals surface area contributed by atoms with Crippen molar-refractivity contribution >= 4 is 23.2 Å². The van der Waals surface area contributed by atoms with Crippen molar-refractivity contribution in [3.05, 3.63) is 90.0 Å². The zero-order valence-corrected chi connectivity index (χ0v) is 19.5. The van der Waals surface area contributed by atoms with E-state index in [-0.39, 0.29) is 18.4 Å². The Labute approximate surface area is 200 Å². The second kappa shape index (κ2) is 11.4. The Hall–Kier alpha value is -3.80. The SMILES string of the molecule is CC1CCN(C(=O)c2ccc(NCC(=O)Nc3ccc(OCc4ccccc4)cc3)cc2)CC1. The molecule has 1 aliphatic rings. The van der Waals surface area contributed by atoms with Gasteiger partial charge in [0.1, 0.15) is 12.4 Å². The molecule has 2 N–H and O–H groups in total. The molecule has 34 heavy (non-hydrogen) atoms. The van der Waals surface area contributed by atoms with Gasteiger partial charge in [0.25, 0.3) is 5.91 Å². The fourth-order valence-electron chi connectivity index (χ4n) is 3.89. The van der Waals surface area contributed by atoms with Crippen molar-refractivity contribution in [1.29, 1.82) is 0 Å². The number of hydrogen-bond donors (Lipinski definition) is 2. The summed E-state index contributed by atoms with van der Waals surface area (Å²) in [6, 6.07) is 24.6. The molecule has 0 atom stereocenters. The van der Waals surface area contributed by atoms with Crippen LogP contribution in [0.2, 0.25) is 0 Å². The molecule has 0 aromatic heterocycles. The number of likely N-dealkylation sites (tertiary alicyclic amines) is 1. The van der Waals surface area contributed by atoms with Crippen LogP contribution in [0, 0.1) is 5.92 Å². The number of benzene rings is 3. The van der Waals surface area contributed by atoms with Gasteiger partial charge in [-0.15, -0.1) is 0 Å². The molecule has 0 bridgehead atoms. The lowest BCUT2D eigenvalue weighted by Gasteiger charge is -2.30. The van der Waals surface area contributed by atoms with Crippen molar-refractivity contribution in [2.45, 2.75) is 26.4 Å². The molecule has 1 fully saturated rings. The van der Waals surface area contributed by atoms with Gasteiger partial charge in [0.2, 0.25) is 5.91 Å². The molecule has 1 heterocycles. The van der Waals surface area contributed by atoms with Crippen LogP contribution in [0.5, 0.6) is 5.75 Å². The van der Waals surface area contributed by atoms with Crippen LogP contribution in [-0.2, 0) is 11.4 Å². The molecule has 0 aliphatic carbocycles. The number of piperidine rings is 1. The Balaban J connectivity index is 1.21. The minimum Gasteiger partial charge on any atom is -0.489 e. The molecule has 3 aromatic carbocycles. The van der Waals surface area contributed by atoms with Crippen molar-refractivity contribution in [2.24, 2.45) is 5.92 Å². The van der Waals surface area contributed by atoms with Gasteiger partial charge in [-0.1, -0.05) is 37.3 Å². The lowest BCUT2D eigenvalue weighted by atomic mass is 9.98. The van der Waals surface area contributed by atoms with Gasteiger partial charge >= 0.3 is 0 Å². The van der Waals surface area contributed by atoms with E-state index in [1.807, 2.05) is 83.8 Å². The molecular formula is C28H31N3O3. The van der Waals surface area contributed by atoms with Gasteiger partial charge in [-0.25, -0.2) is 0 Å². The number of nitrogens with zero attached hydrogens (tertiary/aromatic N) is 1. The summed E-state index contributed by atoms with van der Waals surface area (Å²) in [7, 11) is 0. The van der Waals surface area contributed by atoms with Crippen molar-refractivity contribution in [2.75, 3.05) is 30.3 Å². The minimum atomic E-state index is -0.152. The van der Waals surface area contributed by atoms with Gasteiger partial charge in [0.15, 0.2) is 0 Å². The average Bonchev–Trinajstić information content (AvgIpc) is 2.88. The third kappa shape index (κ3) is 6.61. The van der Waals surface area contributed by atoms with Gasteiger partial charge in [-0.2, -0.15) is 0 Å². The number of nitrogens with one attached hydrogen (secondary N) is 2. The van der Waals surface area contributed by atoms with Gasteiger partial charge in [0.05, 0.1) is 6.54 Å². The zero-order chi connectivity index (χ0) is 23.8. The molecule has 6 heteroatoms. The predicted molar refractivity (Wildman–Crippen MR) is 135 cm³/mol. The largest absolute Gasteiger partial charge is 0.489 e. The van der Waals surface area contributed by atoms with Crippen LogP contribution >= 0.6 is 0 Å². The summed E-state index contributed by atoms with van der Waals surface area (Å²) < 4.78 is 5.78. The number of hydrogen-bond acceptors (Lipinski definition) is 4. The van der Waals surface area contributed by atoms with Gasteiger partial charge in [-0.05, 0) is 72.9 Å². The summed E-state index contributed by atoms with van der Waals surface area (Å²) in [5.74, 6) is 1.36. The van der Waals surface area contributed by atoms with Crippen LogP contribution in [0.25, 0.3) is 0 Å². The Morgan fingerprint density at radius 1 is 0.882 bits per heavy atom. The van der Waals surface area contributed by atoms with Crippen LogP contribution in [0.15, 0.2) is 78.9 Å². The lowest BCUT2D eigenvalue weighted by molar-refractivity contribution is -0.114. The molecule has 4 rings (SSSR count). The lowest BCUT2D eigenvalue weighted by Crippen LogP contribution is -2.37. The maximum atomic E-state index is 12.7. The Morgan fingerprint density at radius 3 is 2.21 bits per heavy atom. The first-order valence-electron chi connectivity index (χ1n) is 11.8. The van der Waals surface area contributed by atoms with Gasteiger partial charge in [-0.3, -0.25) is 9.59 Å². The first kappa shape index (κ1) is 23.4.